The van der Waals surface area contributed by atoms with Gasteiger partial charge < -0.3 is 10.4 Å². The third kappa shape index (κ3) is 3.75. The smallest absolute Gasteiger partial charge is 0.225 e. The number of carbonyl (C=O) groups excluding carboxylic acids is 1. The quantitative estimate of drug-likeness (QED) is 0.840. The number of hydrogen-bond acceptors (Lipinski definition) is 4. The van der Waals surface area contributed by atoms with Gasteiger partial charge in [0.1, 0.15) is 5.75 Å². The Kier molecular flexibility index (Phi) is 4.62. The molecule has 2 bridgehead atoms. The van der Waals surface area contributed by atoms with E-state index in [0.717, 1.165) is 38.5 Å². The first-order chi connectivity index (χ1) is 12.0. The SMILES string of the molecule is CC(C)(C)C(=O)NC12CCC(CS(=O)(=O)c3ccc(O)cc3)(CC1)CC2. The minimum Gasteiger partial charge on any atom is -0.508 e. The molecule has 1 aromatic carbocycles. The van der Waals surface area contributed by atoms with Crippen LogP contribution in [-0.4, -0.2) is 30.7 Å². The van der Waals surface area contributed by atoms with E-state index in [-0.39, 0.29) is 33.3 Å². The third-order valence-corrected chi connectivity index (χ3v) is 8.14. The van der Waals surface area contributed by atoms with Crippen LogP contribution < -0.4 is 5.32 Å². The molecule has 6 heteroatoms. The summed E-state index contributed by atoms with van der Waals surface area (Å²) in [7, 11) is -3.39. The average Bonchev–Trinajstić information content (AvgIpc) is 2.55. The summed E-state index contributed by atoms with van der Waals surface area (Å²) in [4.78, 5) is 12.7. The van der Waals surface area contributed by atoms with Crippen LogP contribution in [0.15, 0.2) is 29.2 Å². The maximum Gasteiger partial charge on any atom is 0.225 e. The summed E-state index contributed by atoms with van der Waals surface area (Å²) in [6.45, 7) is 5.75. The van der Waals surface area contributed by atoms with Crippen molar-refractivity contribution in [1.82, 2.24) is 5.32 Å². The molecular weight excluding hydrogens is 350 g/mol. The fraction of sp³-hybridized carbons (Fsp3) is 0.650. The summed E-state index contributed by atoms with van der Waals surface area (Å²) in [5.41, 5.74) is -0.762. The van der Waals surface area contributed by atoms with Crippen LogP contribution in [0.2, 0.25) is 0 Å². The van der Waals surface area contributed by atoms with Crippen molar-refractivity contribution in [2.45, 2.75) is 69.7 Å². The normalized spacial score (nSPS) is 28.7. The number of fused-ring (bicyclic) bond motifs is 3. The van der Waals surface area contributed by atoms with E-state index in [9.17, 15) is 18.3 Å². The van der Waals surface area contributed by atoms with Crippen molar-refractivity contribution >= 4 is 15.7 Å². The summed E-state index contributed by atoms with van der Waals surface area (Å²) in [5.74, 6) is 0.286. The first-order valence-corrected chi connectivity index (χ1v) is 11.0. The number of aromatic hydroxyl groups is 1. The molecule has 5 nitrogen and oxygen atoms in total. The number of phenolic OH excluding ortho intramolecular Hbond substituents is 1. The molecule has 0 unspecified atom stereocenters. The van der Waals surface area contributed by atoms with E-state index >= 15 is 0 Å². The molecule has 0 spiro atoms. The zero-order valence-electron chi connectivity index (χ0n) is 15.8. The van der Waals surface area contributed by atoms with Gasteiger partial charge >= 0.3 is 0 Å². The van der Waals surface area contributed by atoms with Crippen LogP contribution in [-0.2, 0) is 14.6 Å². The number of amides is 1. The summed E-state index contributed by atoms with van der Waals surface area (Å²) in [6.07, 6.45) is 5.03. The maximum atomic E-state index is 12.8. The van der Waals surface area contributed by atoms with Gasteiger partial charge in [-0.25, -0.2) is 8.42 Å². The molecule has 144 valence electrons. The van der Waals surface area contributed by atoms with Gasteiger partial charge in [-0.15, -0.1) is 0 Å². The highest BCUT2D eigenvalue weighted by Gasteiger charge is 2.51. The molecule has 3 aliphatic rings. The number of sulfone groups is 1. The average molecular weight is 380 g/mol. The number of rotatable bonds is 4. The molecule has 2 N–H and O–H groups in total. The van der Waals surface area contributed by atoms with Crippen LogP contribution in [0.4, 0.5) is 0 Å². The van der Waals surface area contributed by atoms with Crippen molar-refractivity contribution in [2.75, 3.05) is 5.75 Å². The number of nitrogens with one attached hydrogen (secondary N) is 1. The van der Waals surface area contributed by atoms with Crippen molar-refractivity contribution in [2.24, 2.45) is 10.8 Å². The molecule has 3 aliphatic carbocycles. The highest BCUT2D eigenvalue weighted by atomic mass is 32.2. The lowest BCUT2D eigenvalue weighted by atomic mass is 9.58. The molecule has 0 aromatic heterocycles. The summed E-state index contributed by atoms with van der Waals surface area (Å²) < 4.78 is 25.7. The van der Waals surface area contributed by atoms with E-state index < -0.39 is 15.3 Å². The Morgan fingerprint density at radius 1 is 1.04 bits per heavy atom. The highest BCUT2D eigenvalue weighted by molar-refractivity contribution is 7.91. The molecule has 3 fully saturated rings. The van der Waals surface area contributed by atoms with E-state index in [1.165, 1.54) is 24.3 Å². The lowest BCUT2D eigenvalue weighted by Gasteiger charge is -2.54. The van der Waals surface area contributed by atoms with Crippen LogP contribution in [0.25, 0.3) is 0 Å². The van der Waals surface area contributed by atoms with Gasteiger partial charge in [-0.3, -0.25) is 4.79 Å². The van der Waals surface area contributed by atoms with Gasteiger partial charge in [0.15, 0.2) is 9.84 Å². The lowest BCUT2D eigenvalue weighted by Crippen LogP contribution is -2.59. The molecule has 1 amide bonds. The minimum absolute atomic E-state index is 0.0665. The van der Waals surface area contributed by atoms with Gasteiger partial charge in [0.25, 0.3) is 0 Å². The predicted octanol–water partition coefficient (Wildman–Crippen LogP) is 3.42. The molecule has 0 radical (unpaired) electrons. The van der Waals surface area contributed by atoms with Crippen LogP contribution in [0, 0.1) is 10.8 Å². The van der Waals surface area contributed by atoms with E-state index in [1.807, 2.05) is 20.8 Å². The van der Waals surface area contributed by atoms with Crippen molar-refractivity contribution in [3.8, 4) is 5.75 Å². The highest BCUT2D eigenvalue weighted by Crippen LogP contribution is 2.53. The van der Waals surface area contributed by atoms with Gasteiger partial charge in [0.2, 0.25) is 5.91 Å². The standard InChI is InChI=1S/C20H29NO4S/c1-18(2,3)17(23)21-20-11-8-19(9-12-20,10-13-20)14-26(24,25)16-6-4-15(22)5-7-16/h4-7,22H,8-14H2,1-3H3,(H,21,23). The first-order valence-electron chi connectivity index (χ1n) is 9.30. The zero-order chi connectivity index (χ0) is 19.2. The van der Waals surface area contributed by atoms with E-state index in [2.05, 4.69) is 5.32 Å². The van der Waals surface area contributed by atoms with Crippen LogP contribution in [0.3, 0.4) is 0 Å². The number of hydrogen-bond donors (Lipinski definition) is 2. The van der Waals surface area contributed by atoms with Crippen molar-refractivity contribution < 1.29 is 18.3 Å². The molecule has 0 saturated heterocycles. The van der Waals surface area contributed by atoms with Gasteiger partial charge in [-0.05, 0) is 68.2 Å². The fourth-order valence-corrected chi connectivity index (χ4v) is 6.19. The van der Waals surface area contributed by atoms with Gasteiger partial charge in [-0.1, -0.05) is 20.8 Å². The monoisotopic (exact) mass is 379 g/mol. The second kappa shape index (κ2) is 6.25. The Balaban J connectivity index is 1.70. The Morgan fingerprint density at radius 2 is 1.54 bits per heavy atom. The molecule has 0 aliphatic heterocycles. The van der Waals surface area contributed by atoms with Gasteiger partial charge in [0.05, 0.1) is 10.6 Å². The number of phenols is 1. The molecule has 0 heterocycles. The van der Waals surface area contributed by atoms with Crippen molar-refractivity contribution in [3.63, 3.8) is 0 Å². The number of carbonyl (C=O) groups is 1. The van der Waals surface area contributed by atoms with E-state index in [4.69, 9.17) is 0 Å². The molecule has 1 aromatic rings. The molecule has 4 rings (SSSR count). The predicted molar refractivity (Wildman–Crippen MR) is 101 cm³/mol. The van der Waals surface area contributed by atoms with Crippen molar-refractivity contribution in [3.05, 3.63) is 24.3 Å². The first kappa shape index (κ1) is 19.2. The second-order valence-electron chi connectivity index (χ2n) is 9.24. The van der Waals surface area contributed by atoms with E-state index in [1.54, 1.807) is 0 Å². The van der Waals surface area contributed by atoms with Gasteiger partial charge in [0, 0.05) is 11.0 Å². The van der Waals surface area contributed by atoms with E-state index in [0.29, 0.717) is 0 Å². The lowest BCUT2D eigenvalue weighted by molar-refractivity contribution is -0.132. The maximum absolute atomic E-state index is 12.8. The Hall–Kier alpha value is -1.56. The van der Waals surface area contributed by atoms with Crippen molar-refractivity contribution in [1.29, 1.82) is 0 Å². The van der Waals surface area contributed by atoms with Crippen LogP contribution in [0.1, 0.15) is 59.3 Å². The summed E-state index contributed by atoms with van der Waals surface area (Å²) >= 11 is 0. The Bertz CT molecular complexity index is 766. The zero-order valence-corrected chi connectivity index (χ0v) is 16.7. The Labute approximate surface area is 156 Å². The summed E-state index contributed by atoms with van der Waals surface area (Å²) in [5, 5.41) is 12.6. The molecule has 0 atom stereocenters. The van der Waals surface area contributed by atoms with Crippen LogP contribution in [0.5, 0.6) is 5.75 Å². The molecule has 26 heavy (non-hydrogen) atoms. The fourth-order valence-electron chi connectivity index (χ4n) is 4.24. The minimum atomic E-state index is -3.39. The number of benzene rings is 1. The second-order valence-corrected chi connectivity index (χ2v) is 11.2. The Morgan fingerprint density at radius 3 is 2.00 bits per heavy atom. The van der Waals surface area contributed by atoms with Crippen LogP contribution >= 0.6 is 0 Å². The largest absolute Gasteiger partial charge is 0.508 e. The summed E-state index contributed by atoms with van der Waals surface area (Å²) in [6, 6.07) is 5.78. The topological polar surface area (TPSA) is 83.5 Å². The van der Waals surface area contributed by atoms with Gasteiger partial charge in [-0.2, -0.15) is 0 Å². The molecule has 3 saturated carbocycles. The molecular formula is C20H29NO4S. The third-order valence-electron chi connectivity index (χ3n) is 6.15.